The minimum absolute atomic E-state index is 0.0516. The fraction of sp³-hybridized carbons (Fsp3) is 0.769. The van der Waals surface area contributed by atoms with Crippen LogP contribution in [0.1, 0.15) is 32.5 Å². The summed E-state index contributed by atoms with van der Waals surface area (Å²) >= 11 is 3.51. The van der Waals surface area contributed by atoms with Crippen LogP contribution in [0.25, 0.3) is 0 Å². The molecule has 0 bridgehead atoms. The predicted octanol–water partition coefficient (Wildman–Crippen LogP) is 2.35. The molecule has 0 aliphatic heterocycles. The summed E-state index contributed by atoms with van der Waals surface area (Å²) in [4.78, 5) is 0. The summed E-state index contributed by atoms with van der Waals surface area (Å²) in [6.07, 6.45) is 1.67. The average molecular weight is 334 g/mol. The van der Waals surface area contributed by atoms with Crippen LogP contribution in [0.2, 0.25) is 0 Å². The zero-order valence-electron chi connectivity index (χ0n) is 12.3. The number of methoxy groups -OCH3 is 2. The topological polar surface area (TPSA) is 62.3 Å². The molecular formula is C13H24BrN3O2. The quantitative estimate of drug-likeness (QED) is 0.867. The Morgan fingerprint density at radius 1 is 1.42 bits per heavy atom. The molecule has 19 heavy (non-hydrogen) atoms. The highest BCUT2D eigenvalue weighted by atomic mass is 79.9. The van der Waals surface area contributed by atoms with Crippen LogP contribution in [0.15, 0.2) is 10.7 Å². The number of ether oxygens (including phenoxy) is 2. The minimum atomic E-state index is -0.251. The van der Waals surface area contributed by atoms with Crippen molar-refractivity contribution in [3.63, 3.8) is 0 Å². The monoisotopic (exact) mass is 333 g/mol. The van der Waals surface area contributed by atoms with Crippen molar-refractivity contribution >= 4 is 15.9 Å². The van der Waals surface area contributed by atoms with E-state index < -0.39 is 0 Å². The molecule has 0 aliphatic carbocycles. The second-order valence-electron chi connectivity index (χ2n) is 5.64. The molecule has 2 N–H and O–H groups in total. The zero-order chi connectivity index (χ0) is 14.6. The van der Waals surface area contributed by atoms with Crippen LogP contribution >= 0.6 is 15.9 Å². The van der Waals surface area contributed by atoms with Crippen LogP contribution in [-0.2, 0) is 16.0 Å². The maximum absolute atomic E-state index is 6.40. The van der Waals surface area contributed by atoms with E-state index in [1.165, 1.54) is 0 Å². The molecule has 0 amide bonds. The maximum atomic E-state index is 6.40. The second kappa shape index (κ2) is 6.83. The fourth-order valence-corrected chi connectivity index (χ4v) is 2.80. The molecular weight excluding hydrogens is 310 g/mol. The van der Waals surface area contributed by atoms with Crippen molar-refractivity contribution in [3.05, 3.63) is 16.4 Å². The first-order chi connectivity index (χ1) is 8.82. The molecule has 0 aliphatic rings. The van der Waals surface area contributed by atoms with E-state index in [0.29, 0.717) is 13.2 Å². The molecule has 1 rings (SSSR count). The van der Waals surface area contributed by atoms with E-state index in [2.05, 4.69) is 41.8 Å². The summed E-state index contributed by atoms with van der Waals surface area (Å²) in [5.41, 5.74) is 7.29. The highest BCUT2D eigenvalue weighted by Crippen LogP contribution is 2.33. The molecule has 2 atom stereocenters. The number of hydrogen-bond acceptors (Lipinski definition) is 4. The number of nitrogens with zero attached hydrogens (tertiary/aromatic N) is 2. The van der Waals surface area contributed by atoms with Gasteiger partial charge in [0, 0.05) is 14.2 Å². The third kappa shape index (κ3) is 4.02. The molecule has 0 fully saturated rings. The maximum Gasteiger partial charge on any atom is 0.0827 e. The molecule has 5 nitrogen and oxygen atoms in total. The van der Waals surface area contributed by atoms with E-state index in [1.54, 1.807) is 20.4 Å². The van der Waals surface area contributed by atoms with Crippen molar-refractivity contribution in [1.82, 2.24) is 9.78 Å². The molecule has 6 heteroatoms. The summed E-state index contributed by atoms with van der Waals surface area (Å²) < 4.78 is 13.5. The van der Waals surface area contributed by atoms with Crippen molar-refractivity contribution in [2.45, 2.75) is 39.5 Å². The molecule has 110 valence electrons. The molecule has 1 aromatic rings. The first-order valence-corrected chi connectivity index (χ1v) is 7.10. The van der Waals surface area contributed by atoms with Gasteiger partial charge in [0.25, 0.3) is 0 Å². The molecule has 0 radical (unpaired) electrons. The lowest BCUT2D eigenvalue weighted by molar-refractivity contribution is -0.00469. The SMILES string of the molecule is COCCn1ncc(Br)c1C(N)C(OC)C(C)(C)C. The normalized spacial score (nSPS) is 15.5. The lowest BCUT2D eigenvalue weighted by atomic mass is 9.83. The Kier molecular flexibility index (Phi) is 5.98. The first-order valence-electron chi connectivity index (χ1n) is 6.31. The van der Waals surface area contributed by atoms with Gasteiger partial charge in [0.05, 0.1) is 41.7 Å². The number of hydrogen-bond donors (Lipinski definition) is 1. The third-order valence-electron chi connectivity index (χ3n) is 3.09. The summed E-state index contributed by atoms with van der Waals surface area (Å²) in [7, 11) is 3.37. The van der Waals surface area contributed by atoms with E-state index in [-0.39, 0.29) is 17.6 Å². The van der Waals surface area contributed by atoms with Gasteiger partial charge in [-0.25, -0.2) is 0 Å². The summed E-state index contributed by atoms with van der Waals surface area (Å²) in [5.74, 6) is 0. The molecule has 0 spiro atoms. The Morgan fingerprint density at radius 3 is 2.53 bits per heavy atom. The smallest absolute Gasteiger partial charge is 0.0827 e. The van der Waals surface area contributed by atoms with Gasteiger partial charge in [-0.05, 0) is 21.3 Å². The van der Waals surface area contributed by atoms with Crippen LogP contribution in [0.3, 0.4) is 0 Å². The van der Waals surface area contributed by atoms with E-state index in [0.717, 1.165) is 10.2 Å². The lowest BCUT2D eigenvalue weighted by Gasteiger charge is -2.34. The van der Waals surface area contributed by atoms with Crippen LogP contribution in [0, 0.1) is 5.41 Å². The second-order valence-corrected chi connectivity index (χ2v) is 6.50. The lowest BCUT2D eigenvalue weighted by Crippen LogP contribution is -2.40. The predicted molar refractivity (Wildman–Crippen MR) is 79.0 cm³/mol. The number of halogens is 1. The Labute approximate surface area is 123 Å². The van der Waals surface area contributed by atoms with Gasteiger partial charge in [0.1, 0.15) is 0 Å². The van der Waals surface area contributed by atoms with Crippen molar-refractivity contribution in [1.29, 1.82) is 0 Å². The summed E-state index contributed by atoms with van der Waals surface area (Å²) in [5, 5.41) is 4.33. The van der Waals surface area contributed by atoms with Gasteiger partial charge < -0.3 is 15.2 Å². The minimum Gasteiger partial charge on any atom is -0.383 e. The van der Waals surface area contributed by atoms with Crippen LogP contribution in [-0.4, -0.2) is 36.7 Å². The average Bonchev–Trinajstić information content (AvgIpc) is 2.66. The zero-order valence-corrected chi connectivity index (χ0v) is 13.9. The number of nitrogens with two attached hydrogens (primary N) is 1. The van der Waals surface area contributed by atoms with Crippen LogP contribution in [0.4, 0.5) is 0 Å². The van der Waals surface area contributed by atoms with Gasteiger partial charge in [0.15, 0.2) is 0 Å². The van der Waals surface area contributed by atoms with Crippen LogP contribution < -0.4 is 5.73 Å². The Bertz CT molecular complexity index is 401. The highest BCUT2D eigenvalue weighted by molar-refractivity contribution is 9.10. The van der Waals surface area contributed by atoms with Crippen molar-refractivity contribution in [2.75, 3.05) is 20.8 Å². The third-order valence-corrected chi connectivity index (χ3v) is 3.70. The van der Waals surface area contributed by atoms with Crippen molar-refractivity contribution in [3.8, 4) is 0 Å². The molecule has 0 saturated heterocycles. The molecule has 1 aromatic heterocycles. The van der Waals surface area contributed by atoms with Gasteiger partial charge in [0.2, 0.25) is 0 Å². The van der Waals surface area contributed by atoms with Crippen molar-refractivity contribution in [2.24, 2.45) is 11.1 Å². The molecule has 2 unspecified atom stereocenters. The van der Waals surface area contributed by atoms with E-state index in [4.69, 9.17) is 15.2 Å². The number of aromatic nitrogens is 2. The molecule has 0 saturated carbocycles. The van der Waals surface area contributed by atoms with Gasteiger partial charge in [-0.15, -0.1) is 0 Å². The highest BCUT2D eigenvalue weighted by Gasteiger charge is 2.34. The Morgan fingerprint density at radius 2 is 2.05 bits per heavy atom. The standard InChI is InChI=1S/C13H24BrN3O2/c1-13(2,3)12(19-5)10(15)11-9(14)8-16-17(11)6-7-18-4/h8,10,12H,6-7,15H2,1-5H3. The van der Waals surface area contributed by atoms with Gasteiger partial charge >= 0.3 is 0 Å². The largest absolute Gasteiger partial charge is 0.383 e. The molecule has 1 heterocycles. The molecule has 0 aromatic carbocycles. The van der Waals surface area contributed by atoms with Crippen molar-refractivity contribution < 1.29 is 9.47 Å². The van der Waals surface area contributed by atoms with Crippen LogP contribution in [0.5, 0.6) is 0 Å². The fourth-order valence-electron chi connectivity index (χ4n) is 2.24. The Hall–Kier alpha value is -0.430. The van der Waals surface area contributed by atoms with E-state index in [9.17, 15) is 0 Å². The van der Waals surface area contributed by atoms with E-state index >= 15 is 0 Å². The van der Waals surface area contributed by atoms with Gasteiger partial charge in [-0.2, -0.15) is 5.10 Å². The summed E-state index contributed by atoms with van der Waals surface area (Å²) in [6.45, 7) is 7.62. The first kappa shape index (κ1) is 16.6. The van der Waals surface area contributed by atoms with Gasteiger partial charge in [-0.3, -0.25) is 4.68 Å². The van der Waals surface area contributed by atoms with E-state index in [1.807, 2.05) is 4.68 Å². The van der Waals surface area contributed by atoms with Gasteiger partial charge in [-0.1, -0.05) is 20.8 Å². The summed E-state index contributed by atoms with van der Waals surface area (Å²) in [6, 6.07) is -0.251. The Balaban J connectivity index is 3.03. The number of rotatable bonds is 6.